The molecule has 3 aromatic heterocycles. The van der Waals surface area contributed by atoms with E-state index in [4.69, 9.17) is 5.73 Å². The number of carbonyl (C=O) groups is 1. The number of rotatable bonds is 3. The van der Waals surface area contributed by atoms with Gasteiger partial charge in [0.25, 0.3) is 0 Å². The van der Waals surface area contributed by atoms with E-state index in [1.165, 1.54) is 0 Å². The van der Waals surface area contributed by atoms with Crippen molar-refractivity contribution in [2.24, 2.45) is 5.92 Å². The lowest BCUT2D eigenvalue weighted by molar-refractivity contribution is 0.0952. The fourth-order valence-corrected chi connectivity index (χ4v) is 3.67. The van der Waals surface area contributed by atoms with Crippen molar-refractivity contribution in [1.82, 2.24) is 14.4 Å². The average Bonchev–Trinajstić information content (AvgIpc) is 3.04. The zero-order chi connectivity index (χ0) is 18.0. The number of nitrogens with one attached hydrogen (secondary N) is 1. The highest BCUT2D eigenvalue weighted by Crippen LogP contribution is 2.38. The number of H-pyrrole nitrogens is 1. The van der Waals surface area contributed by atoms with Gasteiger partial charge in [0, 0.05) is 23.3 Å². The molecule has 5 nitrogen and oxygen atoms in total. The summed E-state index contributed by atoms with van der Waals surface area (Å²) in [5, 5.41) is 1.15. The molecular weight excluding hydrogens is 331 g/mol. The van der Waals surface area contributed by atoms with Crippen LogP contribution in [0, 0.1) is 12.8 Å². The average molecular weight is 348 g/mol. The van der Waals surface area contributed by atoms with Crippen LogP contribution in [0.15, 0.2) is 42.7 Å². The van der Waals surface area contributed by atoms with E-state index in [0.29, 0.717) is 5.65 Å². The number of anilines is 1. The molecule has 0 unspecified atom stereocenters. The summed E-state index contributed by atoms with van der Waals surface area (Å²) < 4.78 is 15.1. The Hall–Kier alpha value is -3.15. The number of Topliss-reactive ketones (excluding diaryl/α,β-unsaturated/α-hetero) is 1. The van der Waals surface area contributed by atoms with Crippen LogP contribution in [-0.2, 0) is 0 Å². The molecule has 0 aliphatic heterocycles. The molecule has 1 fully saturated rings. The summed E-state index contributed by atoms with van der Waals surface area (Å²) in [7, 11) is 0. The first-order chi connectivity index (χ1) is 12.5. The van der Waals surface area contributed by atoms with E-state index in [-0.39, 0.29) is 23.7 Å². The Bertz CT molecular complexity index is 1190. The van der Waals surface area contributed by atoms with E-state index in [2.05, 4.69) is 23.0 Å². The first-order valence-electron chi connectivity index (χ1n) is 8.57. The second-order valence-electron chi connectivity index (χ2n) is 6.89. The summed E-state index contributed by atoms with van der Waals surface area (Å²) >= 11 is 0. The lowest BCUT2D eigenvalue weighted by Crippen LogP contribution is -2.10. The number of nitrogens with zero attached hydrogens (tertiary/aromatic N) is 2. The van der Waals surface area contributed by atoms with Gasteiger partial charge in [-0.25, -0.2) is 9.37 Å². The number of alkyl halides is 1. The van der Waals surface area contributed by atoms with Gasteiger partial charge in [-0.1, -0.05) is 6.07 Å². The molecule has 130 valence electrons. The van der Waals surface area contributed by atoms with E-state index in [1.807, 2.05) is 36.7 Å². The van der Waals surface area contributed by atoms with Crippen LogP contribution in [0.25, 0.3) is 27.7 Å². The summed E-state index contributed by atoms with van der Waals surface area (Å²) in [5.41, 5.74) is 11.1. The number of hydrogen-bond acceptors (Lipinski definition) is 3. The first-order valence-corrected chi connectivity index (χ1v) is 8.57. The Morgan fingerprint density at radius 2 is 2.12 bits per heavy atom. The number of benzene rings is 1. The van der Waals surface area contributed by atoms with E-state index >= 15 is 0 Å². The summed E-state index contributed by atoms with van der Waals surface area (Å²) in [6.45, 7) is 2.07. The minimum absolute atomic E-state index is 0.157. The molecule has 26 heavy (non-hydrogen) atoms. The third-order valence-electron chi connectivity index (χ3n) is 5.24. The fraction of sp³-hybridized carbons (Fsp3) is 0.200. The predicted molar refractivity (Wildman–Crippen MR) is 99.0 cm³/mol. The second-order valence-corrected chi connectivity index (χ2v) is 6.89. The Morgan fingerprint density at radius 1 is 1.31 bits per heavy atom. The molecule has 1 saturated carbocycles. The van der Waals surface area contributed by atoms with Gasteiger partial charge in [-0.05, 0) is 54.3 Å². The van der Waals surface area contributed by atoms with E-state index < -0.39 is 12.1 Å². The van der Waals surface area contributed by atoms with E-state index in [1.54, 1.807) is 4.40 Å². The lowest BCUT2D eigenvalue weighted by atomic mass is 9.99. The van der Waals surface area contributed by atoms with Gasteiger partial charge in [-0.3, -0.25) is 9.20 Å². The maximum absolute atomic E-state index is 13.4. The summed E-state index contributed by atoms with van der Waals surface area (Å²) in [4.78, 5) is 20.1. The van der Waals surface area contributed by atoms with Crippen LogP contribution in [0.4, 0.5) is 10.2 Å². The van der Waals surface area contributed by atoms with Crippen LogP contribution in [0.2, 0.25) is 0 Å². The number of imidazole rings is 1. The molecule has 5 rings (SSSR count). The van der Waals surface area contributed by atoms with Crippen molar-refractivity contribution in [2.45, 2.75) is 19.5 Å². The molecule has 1 aromatic carbocycles. The van der Waals surface area contributed by atoms with Gasteiger partial charge >= 0.3 is 0 Å². The van der Waals surface area contributed by atoms with Crippen molar-refractivity contribution in [1.29, 1.82) is 0 Å². The number of halogens is 1. The van der Waals surface area contributed by atoms with Crippen molar-refractivity contribution in [2.75, 3.05) is 5.73 Å². The second kappa shape index (κ2) is 5.17. The summed E-state index contributed by atoms with van der Waals surface area (Å²) in [6, 6.07) is 9.93. The number of carbonyl (C=O) groups excluding carboxylic acids is 1. The standard InChI is InChI=1S/C20H17FN4O/c1-10-12(3-4-16-13(10)6-7-23-16)11-2-5-17-24-20(22)18(25(17)9-11)19(26)14-8-15(14)21/h2-7,9,14-15,23H,8,22H2,1H3/t14-,15+/m1/s1. The molecule has 4 aromatic rings. The third-order valence-corrected chi connectivity index (χ3v) is 5.24. The first kappa shape index (κ1) is 15.1. The molecule has 0 amide bonds. The maximum Gasteiger partial charge on any atom is 0.189 e. The van der Waals surface area contributed by atoms with E-state index in [0.717, 1.165) is 27.6 Å². The minimum Gasteiger partial charge on any atom is -0.382 e. The van der Waals surface area contributed by atoms with Gasteiger partial charge in [0.05, 0.1) is 5.92 Å². The van der Waals surface area contributed by atoms with Crippen LogP contribution in [0.5, 0.6) is 0 Å². The SMILES string of the molecule is Cc1c(-c2ccc3nc(N)c(C(=O)[C@@H]4C[C@@H]4F)n3c2)ccc2[nH]ccc12. The molecule has 2 atom stereocenters. The Morgan fingerprint density at radius 3 is 2.88 bits per heavy atom. The highest BCUT2D eigenvalue weighted by Gasteiger charge is 2.45. The molecule has 3 N–H and O–H groups in total. The maximum atomic E-state index is 13.4. The quantitative estimate of drug-likeness (QED) is 0.551. The molecule has 0 radical (unpaired) electrons. The van der Waals surface area contributed by atoms with E-state index in [9.17, 15) is 9.18 Å². The lowest BCUT2D eigenvalue weighted by Gasteiger charge is -2.09. The number of pyridine rings is 1. The highest BCUT2D eigenvalue weighted by molar-refractivity contribution is 6.03. The van der Waals surface area contributed by atoms with Crippen molar-refractivity contribution in [3.63, 3.8) is 0 Å². The van der Waals surface area contributed by atoms with Crippen molar-refractivity contribution >= 4 is 28.2 Å². The zero-order valence-corrected chi connectivity index (χ0v) is 14.2. The molecule has 0 spiro atoms. The Balaban J connectivity index is 1.69. The number of nitrogens with two attached hydrogens (primary N) is 1. The largest absolute Gasteiger partial charge is 0.382 e. The minimum atomic E-state index is -1.06. The summed E-state index contributed by atoms with van der Waals surface area (Å²) in [5.74, 6) is -0.694. The zero-order valence-electron chi connectivity index (χ0n) is 14.2. The predicted octanol–water partition coefficient (Wildman–Crippen LogP) is 3.91. The van der Waals surface area contributed by atoms with Gasteiger partial charge in [-0.15, -0.1) is 0 Å². The van der Waals surface area contributed by atoms with Crippen molar-refractivity contribution in [3.05, 3.63) is 54.0 Å². The number of fused-ring (bicyclic) bond motifs is 2. The molecule has 1 aliphatic rings. The van der Waals surface area contributed by atoms with Crippen LogP contribution in [0.3, 0.4) is 0 Å². The number of ketones is 1. The smallest absolute Gasteiger partial charge is 0.189 e. The fourth-order valence-electron chi connectivity index (χ4n) is 3.67. The van der Waals surface area contributed by atoms with Crippen LogP contribution < -0.4 is 5.73 Å². The molecular formula is C20H17FN4O. The van der Waals surface area contributed by atoms with Crippen LogP contribution in [0.1, 0.15) is 22.5 Å². The normalized spacial score (nSPS) is 19.3. The number of nitrogen functional groups attached to an aromatic ring is 1. The van der Waals surface area contributed by atoms with Crippen LogP contribution >= 0.6 is 0 Å². The monoisotopic (exact) mass is 348 g/mol. The van der Waals surface area contributed by atoms with Gasteiger partial charge in [0.15, 0.2) is 11.6 Å². The Labute approximate surface area is 148 Å². The third kappa shape index (κ3) is 2.08. The molecule has 1 aliphatic carbocycles. The summed E-state index contributed by atoms with van der Waals surface area (Å²) in [6.07, 6.45) is 2.99. The van der Waals surface area contributed by atoms with Gasteiger partial charge in [-0.2, -0.15) is 0 Å². The Kier molecular flexibility index (Phi) is 3.01. The van der Waals surface area contributed by atoms with Gasteiger partial charge in [0.2, 0.25) is 0 Å². The number of aromatic nitrogens is 3. The highest BCUT2D eigenvalue weighted by atomic mass is 19.1. The van der Waals surface area contributed by atoms with Crippen molar-refractivity contribution in [3.8, 4) is 11.1 Å². The van der Waals surface area contributed by atoms with Crippen molar-refractivity contribution < 1.29 is 9.18 Å². The number of hydrogen-bond donors (Lipinski definition) is 2. The molecule has 0 bridgehead atoms. The molecule has 3 heterocycles. The number of aryl methyl sites for hydroxylation is 1. The van der Waals surface area contributed by atoms with Gasteiger partial charge in [0.1, 0.15) is 17.5 Å². The number of aromatic amines is 1. The topological polar surface area (TPSA) is 76.2 Å². The van der Waals surface area contributed by atoms with Crippen LogP contribution in [-0.4, -0.2) is 26.3 Å². The molecule has 6 heteroatoms. The molecule has 0 saturated heterocycles. The van der Waals surface area contributed by atoms with Gasteiger partial charge < -0.3 is 10.7 Å².